The molecule has 0 aliphatic carbocycles. The summed E-state index contributed by atoms with van der Waals surface area (Å²) >= 11 is 0. The standard InChI is InChI=1S/C16H9F6N5O6S2/c17-15(18,19)34(28,29)32-12-5-1-10(2-6-12)24-26-14(9-23)27-25-11-3-7-13(8-4-11)33-35(30,31)16(20,21)22/h1-8,24H. The first kappa shape index (κ1) is 27.3. The van der Waals surface area contributed by atoms with Gasteiger partial charge in [-0.25, -0.2) is 0 Å². The molecule has 0 bridgehead atoms. The molecule has 0 unspecified atom stereocenters. The highest BCUT2D eigenvalue weighted by Gasteiger charge is 2.49. The monoisotopic (exact) mass is 545 g/mol. The quantitative estimate of drug-likeness (QED) is 0.103. The average molecular weight is 545 g/mol. The van der Waals surface area contributed by atoms with Gasteiger partial charge >= 0.3 is 31.3 Å². The molecule has 0 heterocycles. The number of anilines is 1. The molecule has 0 aliphatic rings. The highest BCUT2D eigenvalue weighted by atomic mass is 32.2. The summed E-state index contributed by atoms with van der Waals surface area (Å²) in [6, 6.07) is 9.18. The number of benzene rings is 2. The van der Waals surface area contributed by atoms with Gasteiger partial charge in [0.25, 0.3) is 5.84 Å². The molecular formula is C16H9F6N5O6S2. The van der Waals surface area contributed by atoms with Crippen molar-refractivity contribution in [2.24, 2.45) is 15.3 Å². The fraction of sp³-hybridized carbons (Fsp3) is 0.125. The zero-order valence-electron chi connectivity index (χ0n) is 16.4. The second-order valence-electron chi connectivity index (χ2n) is 5.84. The van der Waals surface area contributed by atoms with Gasteiger partial charge in [0.15, 0.2) is 0 Å². The largest absolute Gasteiger partial charge is 0.534 e. The number of alkyl halides is 6. The predicted molar refractivity (Wildman–Crippen MR) is 105 cm³/mol. The van der Waals surface area contributed by atoms with Crippen LogP contribution < -0.4 is 13.8 Å². The summed E-state index contributed by atoms with van der Waals surface area (Å²) in [7, 11) is -11.7. The number of hydrazone groups is 1. The van der Waals surface area contributed by atoms with Gasteiger partial charge in [-0.3, -0.25) is 5.43 Å². The first-order valence-electron chi connectivity index (χ1n) is 8.41. The SMILES string of the molecule is N#CC(N=Nc1ccc(OS(=O)(=O)C(F)(F)F)cc1)=NNc1ccc(OS(=O)(=O)C(F)(F)F)cc1. The van der Waals surface area contributed by atoms with E-state index in [0.29, 0.717) is 0 Å². The maximum absolute atomic E-state index is 12.3. The summed E-state index contributed by atoms with van der Waals surface area (Å²) in [6.07, 6.45) is 0. The van der Waals surface area contributed by atoms with E-state index in [2.05, 4.69) is 29.1 Å². The van der Waals surface area contributed by atoms with Crippen molar-refractivity contribution in [2.45, 2.75) is 11.0 Å². The summed E-state index contributed by atoms with van der Waals surface area (Å²) < 4.78 is 125. The molecule has 0 atom stereocenters. The number of amidine groups is 1. The van der Waals surface area contributed by atoms with E-state index in [9.17, 15) is 43.2 Å². The highest BCUT2D eigenvalue weighted by molar-refractivity contribution is 7.88. The van der Waals surface area contributed by atoms with Gasteiger partial charge in [0.1, 0.15) is 17.6 Å². The molecule has 0 aromatic heterocycles. The predicted octanol–water partition coefficient (Wildman–Crippen LogP) is 4.18. The molecule has 11 nitrogen and oxygen atoms in total. The molecule has 0 radical (unpaired) electrons. The van der Waals surface area contributed by atoms with Crippen molar-refractivity contribution in [1.29, 1.82) is 5.26 Å². The van der Waals surface area contributed by atoms with Crippen molar-refractivity contribution < 1.29 is 51.5 Å². The first-order chi connectivity index (χ1) is 16.0. The number of halogens is 6. The summed E-state index contributed by atoms with van der Waals surface area (Å²) in [5.41, 5.74) is -8.89. The molecule has 0 amide bonds. The molecule has 188 valence electrons. The van der Waals surface area contributed by atoms with E-state index >= 15 is 0 Å². The van der Waals surface area contributed by atoms with Gasteiger partial charge in [0.2, 0.25) is 0 Å². The molecule has 0 fully saturated rings. The number of rotatable bonds is 7. The molecule has 35 heavy (non-hydrogen) atoms. The minimum Gasteiger partial charge on any atom is -0.376 e. The number of hydrogen-bond donors (Lipinski definition) is 1. The van der Waals surface area contributed by atoms with Crippen LogP contribution in [0.4, 0.5) is 37.7 Å². The smallest absolute Gasteiger partial charge is 0.376 e. The summed E-state index contributed by atoms with van der Waals surface area (Å²) in [4.78, 5) is 0. The molecular weight excluding hydrogens is 536 g/mol. The number of nitriles is 1. The molecule has 2 aromatic carbocycles. The Bertz CT molecular complexity index is 1360. The lowest BCUT2D eigenvalue weighted by Crippen LogP contribution is -2.28. The molecule has 0 saturated heterocycles. The van der Waals surface area contributed by atoms with Crippen LogP contribution in [0, 0.1) is 11.3 Å². The third-order valence-electron chi connectivity index (χ3n) is 3.32. The van der Waals surface area contributed by atoms with Gasteiger partial charge in [0, 0.05) is 0 Å². The van der Waals surface area contributed by atoms with E-state index in [1.54, 1.807) is 0 Å². The third-order valence-corrected chi connectivity index (χ3v) is 5.28. The normalized spacial score (nSPS) is 13.3. The maximum Gasteiger partial charge on any atom is 0.534 e. The summed E-state index contributed by atoms with van der Waals surface area (Å²) in [6.45, 7) is 0. The second-order valence-corrected chi connectivity index (χ2v) is 8.92. The maximum atomic E-state index is 12.3. The van der Waals surface area contributed by atoms with Crippen LogP contribution in [-0.2, 0) is 20.2 Å². The van der Waals surface area contributed by atoms with Crippen molar-refractivity contribution in [1.82, 2.24) is 0 Å². The Morgan fingerprint density at radius 3 is 1.63 bits per heavy atom. The van der Waals surface area contributed by atoms with E-state index in [1.807, 2.05) is 0 Å². The average Bonchev–Trinajstić information content (AvgIpc) is 2.74. The van der Waals surface area contributed by atoms with Crippen molar-refractivity contribution in [3.8, 4) is 17.6 Å². The van der Waals surface area contributed by atoms with Crippen molar-refractivity contribution in [3.05, 3.63) is 48.5 Å². The lowest BCUT2D eigenvalue weighted by Gasteiger charge is -2.09. The van der Waals surface area contributed by atoms with Gasteiger partial charge in [-0.1, -0.05) is 0 Å². The number of nitrogens with zero attached hydrogens (tertiary/aromatic N) is 4. The Hall–Kier alpha value is -3.92. The minimum atomic E-state index is -5.86. The van der Waals surface area contributed by atoms with E-state index in [1.165, 1.54) is 6.07 Å². The van der Waals surface area contributed by atoms with Gasteiger partial charge in [0.05, 0.1) is 11.4 Å². The lowest BCUT2D eigenvalue weighted by molar-refractivity contribution is -0.0504. The van der Waals surface area contributed by atoms with Gasteiger partial charge < -0.3 is 8.37 Å². The van der Waals surface area contributed by atoms with E-state index in [0.717, 1.165) is 48.5 Å². The van der Waals surface area contributed by atoms with Crippen LogP contribution in [0.2, 0.25) is 0 Å². The van der Waals surface area contributed by atoms with E-state index < -0.39 is 48.6 Å². The molecule has 0 spiro atoms. The Morgan fingerprint density at radius 1 is 0.800 bits per heavy atom. The van der Waals surface area contributed by atoms with Crippen LogP contribution in [-0.4, -0.2) is 33.7 Å². The third kappa shape index (κ3) is 7.54. The fourth-order valence-corrected chi connectivity index (χ4v) is 2.71. The molecule has 2 rings (SSSR count). The number of hydrogen-bond acceptors (Lipinski definition) is 10. The molecule has 19 heteroatoms. The Labute approximate surface area is 192 Å². The Balaban J connectivity index is 2.04. The van der Waals surface area contributed by atoms with Crippen LogP contribution in [0.5, 0.6) is 11.5 Å². The van der Waals surface area contributed by atoms with Crippen molar-refractivity contribution >= 4 is 37.4 Å². The van der Waals surface area contributed by atoms with E-state index in [4.69, 9.17) is 5.26 Å². The number of azo groups is 1. The zero-order chi connectivity index (χ0) is 26.5. The highest BCUT2D eigenvalue weighted by Crippen LogP contribution is 2.29. The Morgan fingerprint density at radius 2 is 1.23 bits per heavy atom. The van der Waals surface area contributed by atoms with Crippen molar-refractivity contribution in [3.63, 3.8) is 0 Å². The van der Waals surface area contributed by atoms with Crippen LogP contribution in [0.1, 0.15) is 0 Å². The van der Waals surface area contributed by atoms with E-state index in [-0.39, 0.29) is 11.4 Å². The Kier molecular flexibility index (Phi) is 7.92. The lowest BCUT2D eigenvalue weighted by atomic mass is 10.3. The minimum absolute atomic E-state index is 0.0305. The topological polar surface area (TPSA) is 160 Å². The van der Waals surface area contributed by atoms with Gasteiger partial charge in [-0.05, 0) is 48.5 Å². The molecule has 2 aromatic rings. The molecule has 0 saturated carbocycles. The summed E-state index contributed by atoms with van der Waals surface area (Å²) in [5, 5.41) is 19.6. The van der Waals surface area contributed by atoms with Crippen LogP contribution in [0.25, 0.3) is 0 Å². The fourth-order valence-electron chi connectivity index (χ4n) is 1.79. The zero-order valence-corrected chi connectivity index (χ0v) is 18.1. The molecule has 0 aliphatic heterocycles. The second kappa shape index (κ2) is 10.1. The number of nitrogens with one attached hydrogen (secondary N) is 1. The van der Waals surface area contributed by atoms with Crippen LogP contribution >= 0.6 is 0 Å². The van der Waals surface area contributed by atoms with Crippen LogP contribution in [0.3, 0.4) is 0 Å². The van der Waals surface area contributed by atoms with Gasteiger partial charge in [-0.2, -0.15) is 48.4 Å². The van der Waals surface area contributed by atoms with Crippen molar-refractivity contribution in [2.75, 3.05) is 5.43 Å². The first-order valence-corrected chi connectivity index (χ1v) is 11.2. The van der Waals surface area contributed by atoms with Gasteiger partial charge in [-0.15, -0.1) is 15.3 Å². The summed E-state index contributed by atoms with van der Waals surface area (Å²) in [5.74, 6) is -1.88. The molecule has 1 N–H and O–H groups in total. The van der Waals surface area contributed by atoms with Crippen LogP contribution in [0.15, 0.2) is 63.9 Å².